The number of halogens is 1. The summed E-state index contributed by atoms with van der Waals surface area (Å²) in [6, 6.07) is 8.88. The molecule has 0 radical (unpaired) electrons. The summed E-state index contributed by atoms with van der Waals surface area (Å²) in [6.45, 7) is 3.22. The number of piperazine rings is 1. The van der Waals surface area contributed by atoms with Gasteiger partial charge in [0, 0.05) is 49.3 Å². The number of nitrogens with zero attached hydrogens (tertiary/aromatic N) is 6. The van der Waals surface area contributed by atoms with Gasteiger partial charge in [-0.2, -0.15) is 5.10 Å². The molecule has 1 amide bonds. The molecular formula is C19H21ClN8O. The fourth-order valence-corrected chi connectivity index (χ4v) is 3.39. The first-order valence-corrected chi connectivity index (χ1v) is 9.61. The highest BCUT2D eigenvalue weighted by atomic mass is 35.5. The first kappa shape index (κ1) is 19.2. The predicted octanol–water partition coefficient (Wildman–Crippen LogP) is 1.66. The van der Waals surface area contributed by atoms with Crippen molar-refractivity contribution in [1.82, 2.24) is 24.6 Å². The highest BCUT2D eigenvalue weighted by Crippen LogP contribution is 2.25. The molecule has 0 unspecified atom stereocenters. The van der Waals surface area contributed by atoms with Crippen LogP contribution in [0.5, 0.6) is 0 Å². The molecule has 0 spiro atoms. The van der Waals surface area contributed by atoms with E-state index in [1.165, 1.54) is 6.33 Å². The maximum absolute atomic E-state index is 12.3. The average Bonchev–Trinajstić information content (AvgIpc) is 3.25. The Balaban J connectivity index is 1.34. The molecule has 9 nitrogen and oxygen atoms in total. The monoisotopic (exact) mass is 412 g/mol. The van der Waals surface area contributed by atoms with Crippen LogP contribution in [0.1, 0.15) is 0 Å². The van der Waals surface area contributed by atoms with E-state index in [0.29, 0.717) is 42.0 Å². The van der Waals surface area contributed by atoms with E-state index in [1.807, 2.05) is 6.07 Å². The van der Waals surface area contributed by atoms with Gasteiger partial charge in [0.25, 0.3) is 0 Å². The number of aromatic nitrogens is 4. The van der Waals surface area contributed by atoms with Crippen molar-refractivity contribution >= 4 is 34.7 Å². The van der Waals surface area contributed by atoms with Crippen LogP contribution in [-0.4, -0.2) is 63.3 Å². The Labute approximate surface area is 173 Å². The zero-order valence-electron chi connectivity index (χ0n) is 15.7. The molecule has 3 heterocycles. The smallest absolute Gasteiger partial charge is 0.238 e. The summed E-state index contributed by atoms with van der Waals surface area (Å²) in [5.74, 6) is 1.20. The normalized spacial score (nSPS) is 14.7. The molecule has 1 aromatic carbocycles. The number of rotatable bonds is 5. The summed E-state index contributed by atoms with van der Waals surface area (Å²) in [4.78, 5) is 25.1. The van der Waals surface area contributed by atoms with Gasteiger partial charge in [-0.3, -0.25) is 9.69 Å². The second kappa shape index (κ2) is 8.46. The number of amides is 1. The van der Waals surface area contributed by atoms with Crippen molar-refractivity contribution in [3.63, 3.8) is 0 Å². The standard InChI is InChI=1S/C19H21ClN8O/c20-14-2-4-15(5-3-14)25-16(29)12-26-8-10-27(11-9-26)18-17(21)19(23-13-22-18)28-7-1-6-24-28/h1-7,13H,8-12,21H2,(H,25,29). The van der Waals surface area contributed by atoms with Gasteiger partial charge in [0.2, 0.25) is 5.91 Å². The largest absolute Gasteiger partial charge is 0.393 e. The Morgan fingerprint density at radius 2 is 1.83 bits per heavy atom. The van der Waals surface area contributed by atoms with Gasteiger partial charge < -0.3 is 16.0 Å². The van der Waals surface area contributed by atoms with Gasteiger partial charge in [-0.05, 0) is 30.3 Å². The summed E-state index contributed by atoms with van der Waals surface area (Å²) in [5.41, 5.74) is 7.53. The third-order valence-corrected chi connectivity index (χ3v) is 4.98. The van der Waals surface area contributed by atoms with Gasteiger partial charge >= 0.3 is 0 Å². The minimum absolute atomic E-state index is 0.0525. The summed E-state index contributed by atoms with van der Waals surface area (Å²) in [5, 5.41) is 7.71. The van der Waals surface area contributed by atoms with Crippen molar-refractivity contribution in [1.29, 1.82) is 0 Å². The second-order valence-electron chi connectivity index (χ2n) is 6.70. The number of carbonyl (C=O) groups excluding carboxylic acids is 1. The molecule has 0 aliphatic carbocycles. The van der Waals surface area contributed by atoms with Crippen LogP contribution in [0.4, 0.5) is 17.2 Å². The van der Waals surface area contributed by atoms with Gasteiger partial charge in [0.15, 0.2) is 11.6 Å². The summed E-state index contributed by atoms with van der Waals surface area (Å²) in [6.07, 6.45) is 4.96. The second-order valence-corrected chi connectivity index (χ2v) is 7.14. The molecule has 3 aromatic rings. The fourth-order valence-electron chi connectivity index (χ4n) is 3.26. The van der Waals surface area contributed by atoms with Crippen LogP contribution < -0.4 is 16.0 Å². The molecule has 3 N–H and O–H groups in total. The number of hydrogen-bond donors (Lipinski definition) is 2. The summed E-state index contributed by atoms with van der Waals surface area (Å²) < 4.78 is 1.62. The highest BCUT2D eigenvalue weighted by Gasteiger charge is 2.23. The lowest BCUT2D eigenvalue weighted by Gasteiger charge is -2.35. The minimum Gasteiger partial charge on any atom is -0.393 e. The van der Waals surface area contributed by atoms with Gasteiger partial charge in [-0.15, -0.1) is 0 Å². The van der Waals surface area contributed by atoms with E-state index in [4.69, 9.17) is 17.3 Å². The molecule has 1 aliphatic heterocycles. The van der Waals surface area contributed by atoms with E-state index in [0.717, 1.165) is 18.8 Å². The number of anilines is 3. The zero-order valence-corrected chi connectivity index (χ0v) is 16.5. The van der Waals surface area contributed by atoms with Crippen LogP contribution in [-0.2, 0) is 4.79 Å². The van der Waals surface area contributed by atoms with Gasteiger partial charge in [-0.25, -0.2) is 14.6 Å². The molecule has 0 atom stereocenters. The fraction of sp³-hybridized carbons (Fsp3) is 0.263. The Hall–Kier alpha value is -3.17. The molecule has 150 valence electrons. The maximum atomic E-state index is 12.3. The van der Waals surface area contributed by atoms with Crippen molar-refractivity contribution in [3.05, 3.63) is 54.1 Å². The van der Waals surface area contributed by atoms with Crippen LogP contribution in [0, 0.1) is 0 Å². The van der Waals surface area contributed by atoms with Crippen molar-refractivity contribution < 1.29 is 4.79 Å². The number of carbonyl (C=O) groups is 1. The molecule has 4 rings (SSSR count). The van der Waals surface area contributed by atoms with Gasteiger partial charge in [-0.1, -0.05) is 11.6 Å². The Morgan fingerprint density at radius 1 is 1.10 bits per heavy atom. The maximum Gasteiger partial charge on any atom is 0.238 e. The summed E-state index contributed by atoms with van der Waals surface area (Å²) >= 11 is 5.87. The molecule has 2 aromatic heterocycles. The van der Waals surface area contributed by atoms with E-state index >= 15 is 0 Å². The van der Waals surface area contributed by atoms with E-state index in [9.17, 15) is 4.79 Å². The lowest BCUT2D eigenvalue weighted by molar-refractivity contribution is -0.117. The zero-order chi connectivity index (χ0) is 20.2. The predicted molar refractivity (Wildman–Crippen MR) is 112 cm³/mol. The van der Waals surface area contributed by atoms with Crippen molar-refractivity contribution in [3.8, 4) is 5.82 Å². The first-order chi connectivity index (χ1) is 14.1. The highest BCUT2D eigenvalue weighted by molar-refractivity contribution is 6.30. The van der Waals surface area contributed by atoms with Crippen molar-refractivity contribution in [2.75, 3.05) is 48.7 Å². The van der Waals surface area contributed by atoms with Crippen LogP contribution in [0.25, 0.3) is 5.82 Å². The first-order valence-electron chi connectivity index (χ1n) is 9.23. The van der Waals surface area contributed by atoms with Crippen LogP contribution in [0.15, 0.2) is 49.1 Å². The molecule has 0 saturated carbocycles. The van der Waals surface area contributed by atoms with Gasteiger partial charge in [0.05, 0.1) is 6.54 Å². The van der Waals surface area contributed by atoms with Crippen LogP contribution in [0.3, 0.4) is 0 Å². The average molecular weight is 413 g/mol. The number of nitrogens with two attached hydrogens (primary N) is 1. The quantitative estimate of drug-likeness (QED) is 0.656. The Kier molecular flexibility index (Phi) is 5.59. The van der Waals surface area contributed by atoms with Gasteiger partial charge in [0.1, 0.15) is 12.0 Å². The van der Waals surface area contributed by atoms with Crippen LogP contribution in [0.2, 0.25) is 5.02 Å². The lowest BCUT2D eigenvalue weighted by Crippen LogP contribution is -2.49. The SMILES string of the molecule is Nc1c(N2CCN(CC(=O)Nc3ccc(Cl)cc3)CC2)ncnc1-n1cccn1. The van der Waals surface area contributed by atoms with E-state index < -0.39 is 0 Å². The molecule has 1 aliphatic rings. The molecular weight excluding hydrogens is 392 g/mol. The number of nitrogens with one attached hydrogen (secondary N) is 1. The molecule has 1 saturated heterocycles. The third kappa shape index (κ3) is 4.47. The Bertz CT molecular complexity index is 968. The lowest BCUT2D eigenvalue weighted by atomic mass is 10.2. The van der Waals surface area contributed by atoms with Crippen LogP contribution >= 0.6 is 11.6 Å². The molecule has 10 heteroatoms. The Morgan fingerprint density at radius 3 is 2.52 bits per heavy atom. The molecule has 1 fully saturated rings. The van der Waals surface area contributed by atoms with Crippen molar-refractivity contribution in [2.24, 2.45) is 0 Å². The molecule has 0 bridgehead atoms. The number of benzene rings is 1. The van der Waals surface area contributed by atoms with E-state index in [1.54, 1.807) is 41.3 Å². The number of nitrogen functional groups attached to an aromatic ring is 1. The third-order valence-electron chi connectivity index (χ3n) is 4.73. The minimum atomic E-state index is -0.0525. The number of hydrogen-bond acceptors (Lipinski definition) is 7. The van der Waals surface area contributed by atoms with E-state index in [2.05, 4.69) is 30.2 Å². The summed E-state index contributed by atoms with van der Waals surface area (Å²) in [7, 11) is 0. The topological polar surface area (TPSA) is 105 Å². The van der Waals surface area contributed by atoms with Crippen molar-refractivity contribution in [2.45, 2.75) is 0 Å². The van der Waals surface area contributed by atoms with E-state index in [-0.39, 0.29) is 5.91 Å². The molecule has 29 heavy (non-hydrogen) atoms.